The van der Waals surface area contributed by atoms with Gasteiger partial charge in [0.2, 0.25) is 0 Å². The van der Waals surface area contributed by atoms with Crippen molar-refractivity contribution < 1.29 is 9.18 Å². The van der Waals surface area contributed by atoms with Crippen molar-refractivity contribution in [3.63, 3.8) is 0 Å². The third-order valence-electron chi connectivity index (χ3n) is 5.31. The van der Waals surface area contributed by atoms with Gasteiger partial charge < -0.3 is 10.2 Å². The van der Waals surface area contributed by atoms with Crippen molar-refractivity contribution >= 4 is 33.1 Å². The summed E-state index contributed by atoms with van der Waals surface area (Å²) in [4.78, 5) is 16.7. The van der Waals surface area contributed by atoms with E-state index in [1.165, 1.54) is 17.4 Å². The van der Waals surface area contributed by atoms with E-state index in [2.05, 4.69) is 29.2 Å². The molecule has 4 rings (SSSR count). The van der Waals surface area contributed by atoms with Crippen LogP contribution in [0.4, 0.5) is 10.1 Å². The molecule has 0 aliphatic carbocycles. The molecule has 2 aromatic heterocycles. The van der Waals surface area contributed by atoms with Gasteiger partial charge in [0.15, 0.2) is 0 Å². The highest BCUT2D eigenvalue weighted by atomic mass is 32.1. The average Bonchev–Trinajstić information content (AvgIpc) is 3.23. The quantitative estimate of drug-likeness (QED) is 0.711. The number of thiophene rings is 1. The molecule has 1 aromatic carbocycles. The minimum Gasteiger partial charge on any atom is -0.371 e. The molecule has 1 N–H and O–H groups in total. The highest BCUT2D eigenvalue weighted by Crippen LogP contribution is 2.31. The van der Waals surface area contributed by atoms with E-state index in [1.807, 2.05) is 23.9 Å². The number of carbonyl (C=O) groups is 1. The molecule has 0 spiro atoms. The van der Waals surface area contributed by atoms with Crippen LogP contribution in [0.5, 0.6) is 0 Å². The largest absolute Gasteiger partial charge is 0.371 e. The van der Waals surface area contributed by atoms with Crippen molar-refractivity contribution in [1.29, 1.82) is 0 Å². The Balaban J connectivity index is 1.41. The highest BCUT2D eigenvalue weighted by molar-refractivity contribution is 7.20. The van der Waals surface area contributed by atoms with E-state index < -0.39 is 0 Å². The van der Waals surface area contributed by atoms with Gasteiger partial charge in [-0.1, -0.05) is 19.9 Å². The molecule has 1 amide bonds. The van der Waals surface area contributed by atoms with E-state index in [0.717, 1.165) is 52.4 Å². The van der Waals surface area contributed by atoms with E-state index in [9.17, 15) is 9.18 Å². The van der Waals surface area contributed by atoms with Crippen molar-refractivity contribution in [3.8, 4) is 0 Å². The molecular weight excluding hydrogens is 375 g/mol. The average molecular weight is 401 g/mol. The second-order valence-electron chi connectivity index (χ2n) is 7.71. The standard InChI is InChI=1S/C21H25FN4OS/c1-13(2)19-17-12-18(28-21(17)25(3)24-19)20(27)23-15-7-9-26(10-8-15)16-6-4-5-14(22)11-16/h4-6,11-13,15H,7-10H2,1-3H3,(H,23,27). The number of hydrogen-bond acceptors (Lipinski definition) is 4. The number of piperidine rings is 1. The fourth-order valence-electron chi connectivity index (χ4n) is 3.82. The zero-order valence-corrected chi connectivity index (χ0v) is 17.2. The lowest BCUT2D eigenvalue weighted by Gasteiger charge is -2.33. The Morgan fingerprint density at radius 1 is 1.29 bits per heavy atom. The lowest BCUT2D eigenvalue weighted by atomic mass is 10.0. The molecule has 7 heteroatoms. The van der Waals surface area contributed by atoms with Crippen LogP contribution >= 0.6 is 11.3 Å². The number of carbonyl (C=O) groups excluding carboxylic acids is 1. The first kappa shape index (κ1) is 18.9. The fraction of sp³-hybridized carbons (Fsp3) is 0.429. The van der Waals surface area contributed by atoms with Gasteiger partial charge in [0.1, 0.15) is 10.6 Å². The number of fused-ring (bicyclic) bond motifs is 1. The fourth-order valence-corrected chi connectivity index (χ4v) is 4.80. The minimum atomic E-state index is -0.215. The summed E-state index contributed by atoms with van der Waals surface area (Å²) >= 11 is 1.49. The maximum atomic E-state index is 13.4. The number of nitrogens with one attached hydrogen (secondary N) is 1. The molecule has 0 atom stereocenters. The zero-order chi connectivity index (χ0) is 19.8. The van der Waals surface area contributed by atoms with Gasteiger partial charge in [-0.25, -0.2) is 4.39 Å². The van der Waals surface area contributed by atoms with Crippen LogP contribution in [0.2, 0.25) is 0 Å². The van der Waals surface area contributed by atoms with Crippen LogP contribution in [0.25, 0.3) is 10.2 Å². The lowest BCUT2D eigenvalue weighted by molar-refractivity contribution is 0.0935. The van der Waals surface area contributed by atoms with E-state index in [0.29, 0.717) is 5.92 Å². The Hall–Kier alpha value is -2.41. The predicted octanol–water partition coefficient (Wildman–Crippen LogP) is 4.30. The summed E-state index contributed by atoms with van der Waals surface area (Å²) in [5.74, 6) is 0.0921. The number of benzene rings is 1. The van der Waals surface area contributed by atoms with Crippen LogP contribution in [-0.2, 0) is 7.05 Å². The topological polar surface area (TPSA) is 50.2 Å². The Kier molecular flexibility index (Phi) is 5.10. The first-order valence-corrected chi connectivity index (χ1v) is 10.5. The second kappa shape index (κ2) is 7.54. The summed E-state index contributed by atoms with van der Waals surface area (Å²) in [5.41, 5.74) is 1.94. The monoisotopic (exact) mass is 400 g/mol. The molecule has 3 aromatic rings. The number of rotatable bonds is 4. The summed E-state index contributed by atoms with van der Waals surface area (Å²) in [7, 11) is 1.93. The minimum absolute atomic E-state index is 0.0138. The number of aryl methyl sites for hydroxylation is 1. The maximum absolute atomic E-state index is 13.4. The molecule has 28 heavy (non-hydrogen) atoms. The van der Waals surface area contributed by atoms with Crippen LogP contribution < -0.4 is 10.2 Å². The Labute approximate surface area is 168 Å². The van der Waals surface area contributed by atoms with E-state index in [1.54, 1.807) is 12.1 Å². The van der Waals surface area contributed by atoms with Crippen molar-refractivity contribution in [3.05, 3.63) is 46.7 Å². The summed E-state index contributed by atoms with van der Waals surface area (Å²) in [6, 6.07) is 8.81. The molecule has 148 valence electrons. The number of hydrogen-bond donors (Lipinski definition) is 1. The molecule has 0 bridgehead atoms. The van der Waals surface area contributed by atoms with Crippen molar-refractivity contribution in [2.45, 2.75) is 38.6 Å². The maximum Gasteiger partial charge on any atom is 0.261 e. The van der Waals surface area contributed by atoms with Gasteiger partial charge in [0.25, 0.3) is 5.91 Å². The molecule has 3 heterocycles. The van der Waals surface area contributed by atoms with Crippen LogP contribution in [0.3, 0.4) is 0 Å². The molecule has 5 nitrogen and oxygen atoms in total. The lowest BCUT2D eigenvalue weighted by Crippen LogP contribution is -2.44. The Morgan fingerprint density at radius 2 is 2.04 bits per heavy atom. The SMILES string of the molecule is CC(C)c1nn(C)c2sc(C(=O)NC3CCN(c4cccc(F)c4)CC3)cc12. The third-order valence-corrected chi connectivity index (χ3v) is 6.51. The van der Waals surface area contributed by atoms with Gasteiger partial charge in [-0.05, 0) is 43.0 Å². The van der Waals surface area contributed by atoms with Gasteiger partial charge >= 0.3 is 0 Å². The van der Waals surface area contributed by atoms with Gasteiger partial charge in [-0.2, -0.15) is 5.10 Å². The number of amides is 1. The Morgan fingerprint density at radius 3 is 2.71 bits per heavy atom. The molecule has 0 unspecified atom stereocenters. The van der Waals surface area contributed by atoms with Crippen LogP contribution in [0.1, 0.15) is 48.0 Å². The zero-order valence-electron chi connectivity index (χ0n) is 16.4. The van der Waals surface area contributed by atoms with Gasteiger partial charge in [-0.3, -0.25) is 9.48 Å². The molecule has 1 aliphatic rings. The number of halogens is 1. The van der Waals surface area contributed by atoms with Crippen molar-refractivity contribution in [2.24, 2.45) is 7.05 Å². The molecule has 1 fully saturated rings. The highest BCUT2D eigenvalue weighted by Gasteiger charge is 2.24. The van der Waals surface area contributed by atoms with Gasteiger partial charge in [0, 0.05) is 37.3 Å². The summed E-state index contributed by atoms with van der Waals surface area (Å²) in [5, 5.41) is 8.83. The summed E-state index contributed by atoms with van der Waals surface area (Å²) in [6.07, 6.45) is 1.71. The predicted molar refractivity (Wildman–Crippen MR) is 112 cm³/mol. The number of anilines is 1. The second-order valence-corrected chi connectivity index (χ2v) is 8.74. The number of nitrogens with zero attached hydrogens (tertiary/aromatic N) is 3. The van der Waals surface area contributed by atoms with E-state index >= 15 is 0 Å². The van der Waals surface area contributed by atoms with Crippen LogP contribution in [0.15, 0.2) is 30.3 Å². The van der Waals surface area contributed by atoms with Crippen molar-refractivity contribution in [1.82, 2.24) is 15.1 Å². The Bertz CT molecular complexity index is 1000. The van der Waals surface area contributed by atoms with E-state index in [4.69, 9.17) is 0 Å². The first-order valence-electron chi connectivity index (χ1n) is 9.70. The van der Waals surface area contributed by atoms with Crippen LogP contribution in [0, 0.1) is 5.82 Å². The third kappa shape index (κ3) is 3.63. The number of aromatic nitrogens is 2. The normalized spacial score (nSPS) is 15.5. The summed E-state index contributed by atoms with van der Waals surface area (Å²) < 4.78 is 15.3. The summed E-state index contributed by atoms with van der Waals surface area (Å²) in [6.45, 7) is 5.85. The van der Waals surface area contributed by atoms with Crippen molar-refractivity contribution in [2.75, 3.05) is 18.0 Å². The van der Waals surface area contributed by atoms with Gasteiger partial charge in [-0.15, -0.1) is 11.3 Å². The molecule has 1 aliphatic heterocycles. The molecule has 0 radical (unpaired) electrons. The van der Waals surface area contributed by atoms with Gasteiger partial charge in [0.05, 0.1) is 10.6 Å². The smallest absolute Gasteiger partial charge is 0.261 e. The molecular formula is C21H25FN4OS. The van der Waals surface area contributed by atoms with Crippen LogP contribution in [-0.4, -0.2) is 34.8 Å². The van der Waals surface area contributed by atoms with E-state index in [-0.39, 0.29) is 17.8 Å². The molecule has 1 saturated heterocycles. The molecule has 0 saturated carbocycles. The first-order chi connectivity index (χ1) is 13.4.